The van der Waals surface area contributed by atoms with Crippen molar-refractivity contribution in [2.75, 3.05) is 20.3 Å². The molecule has 1 atom stereocenters. The monoisotopic (exact) mass is 562 g/mol. The minimum absolute atomic E-state index is 0.0288. The van der Waals surface area contributed by atoms with E-state index < -0.39 is 4.92 Å². The van der Waals surface area contributed by atoms with E-state index in [9.17, 15) is 10.1 Å². The molecule has 1 fully saturated rings. The third-order valence-corrected chi connectivity index (χ3v) is 7.19. The lowest BCUT2D eigenvalue weighted by molar-refractivity contribution is -0.384. The molecule has 1 unspecified atom stereocenters. The number of para-hydroxylation sites is 2. The van der Waals surface area contributed by atoms with Gasteiger partial charge >= 0.3 is 0 Å². The number of nitro groups is 1. The summed E-state index contributed by atoms with van der Waals surface area (Å²) in [6.07, 6.45) is 11.7. The van der Waals surface area contributed by atoms with E-state index in [1.165, 1.54) is 6.07 Å². The van der Waals surface area contributed by atoms with Crippen molar-refractivity contribution in [2.45, 2.75) is 18.9 Å². The summed E-state index contributed by atoms with van der Waals surface area (Å²) in [4.78, 5) is 14.6. The van der Waals surface area contributed by atoms with Crippen LogP contribution in [0.5, 0.6) is 11.5 Å². The number of aromatic amines is 1. The number of nitro benzene ring substituents is 1. The van der Waals surface area contributed by atoms with Crippen LogP contribution in [0.3, 0.4) is 0 Å². The van der Waals surface area contributed by atoms with E-state index in [1.54, 1.807) is 30.0 Å². The molecule has 1 N–H and O–H groups in total. The molecule has 5 aromatic rings. The van der Waals surface area contributed by atoms with Crippen molar-refractivity contribution in [1.29, 1.82) is 0 Å². The second-order valence-corrected chi connectivity index (χ2v) is 9.99. The number of H-pyrrole nitrogens is 1. The lowest BCUT2D eigenvalue weighted by Crippen LogP contribution is -2.16. The van der Waals surface area contributed by atoms with Crippen molar-refractivity contribution in [2.24, 2.45) is 0 Å². The topological polar surface area (TPSA) is 104 Å². The zero-order valence-electron chi connectivity index (χ0n) is 23.1. The summed E-state index contributed by atoms with van der Waals surface area (Å²) in [5, 5.41) is 17.7. The van der Waals surface area contributed by atoms with Crippen LogP contribution in [0, 0.1) is 10.1 Å². The molecular weight excluding hydrogens is 532 g/mol. The number of nitrogens with one attached hydrogen (secondary N) is 1. The first-order valence-corrected chi connectivity index (χ1v) is 13.8. The van der Waals surface area contributed by atoms with Crippen molar-refractivity contribution in [1.82, 2.24) is 14.8 Å². The van der Waals surface area contributed by atoms with Gasteiger partial charge in [0, 0.05) is 36.0 Å². The highest BCUT2D eigenvalue weighted by Crippen LogP contribution is 2.29. The number of fused-ring (bicyclic) bond motifs is 1. The maximum absolute atomic E-state index is 11.8. The molecule has 0 saturated carbocycles. The molecule has 9 heteroatoms. The Morgan fingerprint density at radius 2 is 1.98 bits per heavy atom. The molecule has 6 rings (SSSR count). The van der Waals surface area contributed by atoms with E-state index in [0.717, 1.165) is 41.5 Å². The Balaban J connectivity index is 1.30. The van der Waals surface area contributed by atoms with Gasteiger partial charge in [0.25, 0.3) is 5.69 Å². The standard InChI is InChI=1S/C33H30N4O5/c1-40-33-21-28(42-22-29-5-4-18-41-29)15-12-25(33)11-13-26-20-27(14-9-23-8-10-24-16-17-34-30(24)19-23)36(35-26)31-6-2-3-7-32(31)37(38)39/h2-3,6-17,19-21,29,34H,4-5,18,22H2,1H3/b13-11+,14-9+. The van der Waals surface area contributed by atoms with E-state index in [1.807, 2.05) is 73.0 Å². The third kappa shape index (κ3) is 5.96. The lowest BCUT2D eigenvalue weighted by Gasteiger charge is -2.13. The van der Waals surface area contributed by atoms with E-state index in [0.29, 0.717) is 35.2 Å². The van der Waals surface area contributed by atoms with Crippen molar-refractivity contribution in [3.63, 3.8) is 0 Å². The number of rotatable bonds is 10. The summed E-state index contributed by atoms with van der Waals surface area (Å²) < 4.78 is 18.8. The fourth-order valence-electron chi connectivity index (χ4n) is 5.02. The molecule has 2 aromatic heterocycles. The highest BCUT2D eigenvalue weighted by Gasteiger charge is 2.18. The Morgan fingerprint density at radius 3 is 2.81 bits per heavy atom. The normalized spacial score (nSPS) is 15.2. The molecule has 1 aliphatic heterocycles. The summed E-state index contributed by atoms with van der Waals surface area (Å²) in [5.74, 6) is 1.37. The second kappa shape index (κ2) is 12.2. The molecule has 3 heterocycles. The smallest absolute Gasteiger partial charge is 0.294 e. The summed E-state index contributed by atoms with van der Waals surface area (Å²) in [7, 11) is 1.62. The number of nitrogens with zero attached hydrogens (tertiary/aromatic N) is 3. The predicted molar refractivity (Wildman–Crippen MR) is 164 cm³/mol. The molecule has 0 spiro atoms. The molecule has 0 aliphatic carbocycles. The number of aromatic nitrogens is 3. The van der Waals surface area contributed by atoms with Crippen LogP contribution in [-0.2, 0) is 4.74 Å². The van der Waals surface area contributed by atoms with Gasteiger partial charge in [-0.2, -0.15) is 5.10 Å². The first-order chi connectivity index (χ1) is 20.6. The van der Waals surface area contributed by atoms with Crippen LogP contribution >= 0.6 is 0 Å². The van der Waals surface area contributed by atoms with Gasteiger partial charge in [-0.05, 0) is 78.4 Å². The quantitative estimate of drug-likeness (QED) is 0.143. The van der Waals surface area contributed by atoms with E-state index in [2.05, 4.69) is 11.1 Å². The van der Waals surface area contributed by atoms with Crippen LogP contribution < -0.4 is 9.47 Å². The zero-order valence-corrected chi connectivity index (χ0v) is 23.1. The molecule has 1 aliphatic rings. The molecule has 0 bridgehead atoms. The Bertz CT molecular complexity index is 1780. The minimum Gasteiger partial charge on any atom is -0.496 e. The van der Waals surface area contributed by atoms with Gasteiger partial charge in [0.2, 0.25) is 0 Å². The van der Waals surface area contributed by atoms with Gasteiger partial charge in [-0.25, -0.2) is 4.68 Å². The van der Waals surface area contributed by atoms with E-state index in [4.69, 9.17) is 19.3 Å². The van der Waals surface area contributed by atoms with Crippen LogP contribution in [0.1, 0.15) is 35.4 Å². The predicted octanol–water partition coefficient (Wildman–Crippen LogP) is 7.17. The number of hydrogen-bond donors (Lipinski definition) is 1. The number of ether oxygens (including phenoxy) is 3. The number of hydrogen-bond acceptors (Lipinski definition) is 6. The first kappa shape index (κ1) is 27.0. The minimum atomic E-state index is -0.396. The average molecular weight is 563 g/mol. The van der Waals surface area contributed by atoms with Crippen molar-refractivity contribution in [3.05, 3.63) is 112 Å². The molecule has 0 radical (unpaired) electrons. The average Bonchev–Trinajstić information content (AvgIpc) is 3.79. The summed E-state index contributed by atoms with van der Waals surface area (Å²) in [6.45, 7) is 1.30. The van der Waals surface area contributed by atoms with Gasteiger partial charge in [-0.3, -0.25) is 10.1 Å². The Kier molecular flexibility index (Phi) is 7.83. The van der Waals surface area contributed by atoms with Crippen LogP contribution in [-0.4, -0.2) is 46.1 Å². The number of benzene rings is 3. The molecule has 9 nitrogen and oxygen atoms in total. The molecule has 3 aromatic carbocycles. The summed E-state index contributed by atoms with van der Waals surface area (Å²) >= 11 is 0. The maximum Gasteiger partial charge on any atom is 0.294 e. The molecule has 1 saturated heterocycles. The summed E-state index contributed by atoms with van der Waals surface area (Å²) in [6, 6.07) is 22.3. The van der Waals surface area contributed by atoms with Crippen molar-refractivity contribution in [3.8, 4) is 17.2 Å². The van der Waals surface area contributed by atoms with Gasteiger partial charge < -0.3 is 19.2 Å². The Hall–Kier alpha value is -5.15. The van der Waals surface area contributed by atoms with Gasteiger partial charge in [0.1, 0.15) is 23.8 Å². The van der Waals surface area contributed by atoms with E-state index in [-0.39, 0.29) is 11.8 Å². The maximum atomic E-state index is 11.8. The van der Waals surface area contributed by atoms with Crippen molar-refractivity contribution >= 4 is 40.9 Å². The van der Waals surface area contributed by atoms with Crippen LogP contribution in [0.2, 0.25) is 0 Å². The van der Waals surface area contributed by atoms with Gasteiger partial charge in [-0.1, -0.05) is 30.3 Å². The summed E-state index contributed by atoms with van der Waals surface area (Å²) in [5.41, 5.74) is 4.55. The molecule has 42 heavy (non-hydrogen) atoms. The van der Waals surface area contributed by atoms with Crippen LogP contribution in [0.15, 0.2) is 79.0 Å². The largest absolute Gasteiger partial charge is 0.496 e. The van der Waals surface area contributed by atoms with Gasteiger partial charge in [0.15, 0.2) is 0 Å². The van der Waals surface area contributed by atoms with Crippen LogP contribution in [0.4, 0.5) is 5.69 Å². The van der Waals surface area contributed by atoms with Crippen molar-refractivity contribution < 1.29 is 19.1 Å². The third-order valence-electron chi connectivity index (χ3n) is 7.19. The molecule has 0 amide bonds. The fraction of sp³-hybridized carbons (Fsp3) is 0.182. The Labute approximate surface area is 242 Å². The van der Waals surface area contributed by atoms with Crippen LogP contribution in [0.25, 0.3) is 40.9 Å². The molecule has 212 valence electrons. The highest BCUT2D eigenvalue weighted by atomic mass is 16.6. The molecular formula is C33H30N4O5. The second-order valence-electron chi connectivity index (χ2n) is 9.99. The van der Waals surface area contributed by atoms with E-state index >= 15 is 0 Å². The fourth-order valence-corrected chi connectivity index (χ4v) is 5.02. The first-order valence-electron chi connectivity index (χ1n) is 13.8. The van der Waals surface area contributed by atoms with Gasteiger partial charge in [-0.15, -0.1) is 0 Å². The number of methoxy groups -OCH3 is 1. The zero-order chi connectivity index (χ0) is 28.9. The SMILES string of the molecule is COc1cc(OCC2CCCO2)ccc1/C=C/c1cc(/C=C/c2ccc3cc[nH]c3c2)n(-c2ccccc2[N+](=O)[O-])n1. The Morgan fingerprint density at radius 1 is 1.07 bits per heavy atom. The lowest BCUT2D eigenvalue weighted by atomic mass is 10.1. The van der Waals surface area contributed by atoms with Gasteiger partial charge in [0.05, 0.1) is 29.5 Å². The highest BCUT2D eigenvalue weighted by molar-refractivity contribution is 5.83.